The number of rotatable bonds is 5. The van der Waals surface area contributed by atoms with Gasteiger partial charge in [-0.25, -0.2) is 8.42 Å². The van der Waals surface area contributed by atoms with Crippen molar-refractivity contribution in [3.8, 4) is 0 Å². The molecule has 1 unspecified atom stereocenters. The molecule has 1 fully saturated rings. The van der Waals surface area contributed by atoms with Crippen LogP contribution in [-0.2, 0) is 16.4 Å². The number of hydrogen-bond acceptors (Lipinski definition) is 5. The average Bonchev–Trinajstić information content (AvgIpc) is 3.18. The minimum absolute atomic E-state index is 0.0122. The summed E-state index contributed by atoms with van der Waals surface area (Å²) in [4.78, 5) is 13.6. The molecule has 2 aromatic rings. The SMILES string of the molecule is Cc1cc(NCc2cnn(C3CCS(=O)(=O)C3)c2)ccc1C(=O)N(C)C. The monoisotopic (exact) mass is 376 g/mol. The van der Waals surface area contributed by atoms with E-state index in [-0.39, 0.29) is 23.5 Å². The number of aromatic nitrogens is 2. The number of nitrogens with zero attached hydrogens (tertiary/aromatic N) is 3. The van der Waals surface area contributed by atoms with Crippen LogP contribution in [-0.4, -0.2) is 54.6 Å². The second kappa shape index (κ2) is 7.11. The molecular weight excluding hydrogens is 352 g/mol. The van der Waals surface area contributed by atoms with Gasteiger partial charge < -0.3 is 10.2 Å². The van der Waals surface area contributed by atoms with Crippen LogP contribution in [0, 0.1) is 6.92 Å². The van der Waals surface area contributed by atoms with E-state index in [4.69, 9.17) is 0 Å². The Kier molecular flexibility index (Phi) is 5.04. The number of amides is 1. The lowest BCUT2D eigenvalue weighted by atomic mass is 10.1. The Bertz CT molecular complexity index is 918. The van der Waals surface area contributed by atoms with Crippen molar-refractivity contribution in [2.45, 2.75) is 25.9 Å². The number of aryl methyl sites for hydroxylation is 1. The topological polar surface area (TPSA) is 84.3 Å². The van der Waals surface area contributed by atoms with Gasteiger partial charge in [0, 0.05) is 43.7 Å². The summed E-state index contributed by atoms with van der Waals surface area (Å²) < 4.78 is 25.0. The first-order valence-electron chi connectivity index (χ1n) is 8.55. The lowest BCUT2D eigenvalue weighted by Gasteiger charge is -2.14. The third kappa shape index (κ3) is 4.07. The van der Waals surface area contributed by atoms with Crippen molar-refractivity contribution < 1.29 is 13.2 Å². The van der Waals surface area contributed by atoms with Crippen molar-refractivity contribution in [1.82, 2.24) is 14.7 Å². The fourth-order valence-electron chi connectivity index (χ4n) is 3.11. The molecule has 140 valence electrons. The highest BCUT2D eigenvalue weighted by Gasteiger charge is 2.29. The van der Waals surface area contributed by atoms with Crippen LogP contribution in [0.2, 0.25) is 0 Å². The van der Waals surface area contributed by atoms with Crippen molar-refractivity contribution in [1.29, 1.82) is 0 Å². The Morgan fingerprint density at radius 3 is 2.77 bits per heavy atom. The summed E-state index contributed by atoms with van der Waals surface area (Å²) in [6.45, 7) is 2.50. The van der Waals surface area contributed by atoms with Crippen molar-refractivity contribution in [3.05, 3.63) is 47.3 Å². The fraction of sp³-hybridized carbons (Fsp3) is 0.444. The molecular formula is C18H24N4O3S. The normalized spacial score (nSPS) is 18.7. The zero-order chi connectivity index (χ0) is 18.9. The van der Waals surface area contributed by atoms with Gasteiger partial charge in [-0.2, -0.15) is 5.10 Å². The molecule has 0 bridgehead atoms. The Hall–Kier alpha value is -2.35. The van der Waals surface area contributed by atoms with E-state index in [1.165, 1.54) is 0 Å². The lowest BCUT2D eigenvalue weighted by Crippen LogP contribution is -2.22. The number of anilines is 1. The van der Waals surface area contributed by atoms with Crippen LogP contribution >= 0.6 is 0 Å². The molecule has 0 radical (unpaired) electrons. The maximum Gasteiger partial charge on any atom is 0.253 e. The third-order valence-electron chi connectivity index (χ3n) is 4.60. The van der Waals surface area contributed by atoms with Gasteiger partial charge in [-0.05, 0) is 37.1 Å². The zero-order valence-electron chi connectivity index (χ0n) is 15.3. The number of sulfone groups is 1. The number of benzene rings is 1. The second-order valence-electron chi connectivity index (χ2n) is 6.97. The van der Waals surface area contributed by atoms with Crippen molar-refractivity contribution in [2.75, 3.05) is 30.9 Å². The van der Waals surface area contributed by atoms with Gasteiger partial charge in [-0.1, -0.05) is 0 Å². The van der Waals surface area contributed by atoms with E-state index in [2.05, 4.69) is 10.4 Å². The van der Waals surface area contributed by atoms with E-state index >= 15 is 0 Å². The van der Waals surface area contributed by atoms with Crippen molar-refractivity contribution >= 4 is 21.4 Å². The molecule has 0 spiro atoms. The summed E-state index contributed by atoms with van der Waals surface area (Å²) in [6, 6.07) is 5.60. The first-order valence-corrected chi connectivity index (χ1v) is 10.4. The maximum atomic E-state index is 12.1. The first kappa shape index (κ1) is 18.4. The largest absolute Gasteiger partial charge is 0.381 e. The standard InChI is InChI=1S/C18H24N4O3S/c1-13-8-15(4-5-17(13)18(23)21(2)3)19-9-14-10-20-22(11-14)16-6-7-26(24,25)12-16/h4-5,8,10-11,16,19H,6-7,9,12H2,1-3H3. The summed E-state index contributed by atoms with van der Waals surface area (Å²) in [7, 11) is 0.555. The van der Waals surface area contributed by atoms with E-state index < -0.39 is 9.84 Å². The summed E-state index contributed by atoms with van der Waals surface area (Å²) >= 11 is 0. The molecule has 26 heavy (non-hydrogen) atoms. The predicted molar refractivity (Wildman–Crippen MR) is 101 cm³/mol. The molecule has 3 rings (SSSR count). The predicted octanol–water partition coefficient (Wildman–Crippen LogP) is 1.87. The van der Waals surface area contributed by atoms with E-state index in [9.17, 15) is 13.2 Å². The van der Waals surface area contributed by atoms with Gasteiger partial charge in [-0.3, -0.25) is 9.48 Å². The van der Waals surface area contributed by atoms with Gasteiger partial charge >= 0.3 is 0 Å². The molecule has 1 N–H and O–H groups in total. The van der Waals surface area contributed by atoms with E-state index in [0.29, 0.717) is 18.5 Å². The Labute approximate surface area is 153 Å². The minimum Gasteiger partial charge on any atom is -0.381 e. The van der Waals surface area contributed by atoms with Crippen molar-refractivity contribution in [3.63, 3.8) is 0 Å². The average molecular weight is 376 g/mol. The van der Waals surface area contributed by atoms with Gasteiger partial charge in [0.05, 0.1) is 23.7 Å². The first-order chi connectivity index (χ1) is 12.2. The number of carbonyl (C=O) groups is 1. The van der Waals surface area contributed by atoms with Crippen LogP contribution < -0.4 is 5.32 Å². The van der Waals surface area contributed by atoms with Crippen LogP contribution in [0.5, 0.6) is 0 Å². The highest BCUT2D eigenvalue weighted by Crippen LogP contribution is 2.23. The quantitative estimate of drug-likeness (QED) is 0.861. The highest BCUT2D eigenvalue weighted by molar-refractivity contribution is 7.91. The molecule has 8 heteroatoms. The molecule has 1 aromatic heterocycles. The Morgan fingerprint density at radius 2 is 2.15 bits per heavy atom. The summed E-state index contributed by atoms with van der Waals surface area (Å²) in [5.41, 5.74) is 3.52. The van der Waals surface area contributed by atoms with E-state index in [1.54, 1.807) is 29.9 Å². The highest BCUT2D eigenvalue weighted by atomic mass is 32.2. The number of hydrogen-bond donors (Lipinski definition) is 1. The smallest absolute Gasteiger partial charge is 0.253 e. The Morgan fingerprint density at radius 1 is 1.38 bits per heavy atom. The van der Waals surface area contributed by atoms with Gasteiger partial charge in [0.15, 0.2) is 9.84 Å². The fourth-order valence-corrected chi connectivity index (χ4v) is 4.81. The van der Waals surface area contributed by atoms with E-state index in [0.717, 1.165) is 16.8 Å². The van der Waals surface area contributed by atoms with Gasteiger partial charge in [-0.15, -0.1) is 0 Å². The van der Waals surface area contributed by atoms with Crippen LogP contribution in [0.4, 0.5) is 5.69 Å². The molecule has 0 aliphatic carbocycles. The number of carbonyl (C=O) groups excluding carboxylic acids is 1. The maximum absolute atomic E-state index is 12.1. The molecule has 2 heterocycles. The van der Waals surface area contributed by atoms with Crippen LogP contribution in [0.25, 0.3) is 0 Å². The molecule has 1 aliphatic heterocycles. The summed E-state index contributed by atoms with van der Waals surface area (Å²) in [6.07, 6.45) is 4.28. The summed E-state index contributed by atoms with van der Waals surface area (Å²) in [5, 5.41) is 7.63. The molecule has 1 amide bonds. The number of nitrogens with one attached hydrogen (secondary N) is 1. The lowest BCUT2D eigenvalue weighted by molar-refractivity contribution is 0.0827. The van der Waals surface area contributed by atoms with Crippen LogP contribution in [0.3, 0.4) is 0 Å². The molecule has 7 nitrogen and oxygen atoms in total. The third-order valence-corrected chi connectivity index (χ3v) is 6.35. The summed E-state index contributed by atoms with van der Waals surface area (Å²) in [5.74, 6) is 0.395. The molecule has 1 saturated heterocycles. The van der Waals surface area contributed by atoms with Gasteiger partial charge in [0.2, 0.25) is 0 Å². The van der Waals surface area contributed by atoms with Crippen LogP contribution in [0.15, 0.2) is 30.6 Å². The van der Waals surface area contributed by atoms with E-state index in [1.807, 2.05) is 31.3 Å². The molecule has 1 atom stereocenters. The second-order valence-corrected chi connectivity index (χ2v) is 9.20. The molecule has 1 aromatic carbocycles. The minimum atomic E-state index is -2.92. The molecule has 1 aliphatic rings. The van der Waals surface area contributed by atoms with Crippen molar-refractivity contribution in [2.24, 2.45) is 0 Å². The zero-order valence-corrected chi connectivity index (χ0v) is 16.1. The molecule has 0 saturated carbocycles. The van der Waals surface area contributed by atoms with Crippen LogP contribution in [0.1, 0.15) is 33.9 Å². The van der Waals surface area contributed by atoms with Gasteiger partial charge in [0.1, 0.15) is 0 Å². The van der Waals surface area contributed by atoms with Gasteiger partial charge in [0.25, 0.3) is 5.91 Å². The Balaban J connectivity index is 1.63.